The minimum atomic E-state index is -3.61. The third-order valence-electron chi connectivity index (χ3n) is 5.00. The number of nitrogens with zero attached hydrogens (tertiary/aromatic N) is 2. The summed E-state index contributed by atoms with van der Waals surface area (Å²) in [6.45, 7) is 4.14. The Morgan fingerprint density at radius 2 is 1.83 bits per heavy atom. The van der Waals surface area contributed by atoms with Crippen molar-refractivity contribution in [2.45, 2.75) is 32.6 Å². The molecule has 0 N–H and O–H groups in total. The summed E-state index contributed by atoms with van der Waals surface area (Å²) >= 11 is 0. The van der Waals surface area contributed by atoms with Crippen LogP contribution in [0.1, 0.15) is 38.2 Å². The minimum Gasteiger partial charge on any atom is -0.462 e. The Hall–Kier alpha value is -2.78. The molecule has 0 aromatic heterocycles. The van der Waals surface area contributed by atoms with Gasteiger partial charge >= 0.3 is 0 Å². The molecule has 0 unspecified atom stereocenters. The highest BCUT2D eigenvalue weighted by Gasteiger charge is 2.19. The molecule has 2 heterocycles. The number of hydrogen-bond acceptors (Lipinski definition) is 5. The van der Waals surface area contributed by atoms with Gasteiger partial charge in [0.1, 0.15) is 17.6 Å². The van der Waals surface area contributed by atoms with Crippen LogP contribution in [0.4, 0.5) is 5.69 Å². The van der Waals surface area contributed by atoms with Crippen molar-refractivity contribution in [2.24, 2.45) is 0 Å². The average molecular weight is 411 g/mol. The number of piperidine rings is 1. The topological polar surface area (TPSA) is 70.4 Å². The van der Waals surface area contributed by atoms with Crippen LogP contribution < -0.4 is 4.90 Å². The first kappa shape index (κ1) is 20.9. The average Bonchev–Trinajstić information content (AvgIpc) is 2.72. The summed E-state index contributed by atoms with van der Waals surface area (Å²) in [5.41, 5.74) is 2.62. The second-order valence-electron chi connectivity index (χ2n) is 7.25. The van der Waals surface area contributed by atoms with Gasteiger partial charge in [-0.05, 0) is 55.2 Å². The number of anilines is 1. The molecule has 2 aliphatic rings. The van der Waals surface area contributed by atoms with Crippen LogP contribution in [0.3, 0.4) is 0 Å². The van der Waals surface area contributed by atoms with E-state index in [0.29, 0.717) is 23.5 Å². The van der Waals surface area contributed by atoms with Gasteiger partial charge in [0, 0.05) is 37.0 Å². The molecule has 1 fully saturated rings. The summed E-state index contributed by atoms with van der Waals surface area (Å²) in [7, 11) is -3.61. The van der Waals surface area contributed by atoms with E-state index in [4.69, 9.17) is 4.74 Å². The zero-order valence-corrected chi connectivity index (χ0v) is 17.7. The molecule has 1 saturated heterocycles. The smallest absolute Gasteiger partial charge is 0.186 e. The largest absolute Gasteiger partial charge is 0.462 e. The van der Waals surface area contributed by atoms with Gasteiger partial charge in [-0.1, -0.05) is 25.1 Å². The maximum Gasteiger partial charge on any atom is 0.186 e. The summed E-state index contributed by atoms with van der Waals surface area (Å²) in [5, 5.41) is 9.29. The van der Waals surface area contributed by atoms with Crippen LogP contribution in [0.5, 0.6) is 0 Å². The van der Waals surface area contributed by atoms with Gasteiger partial charge in [0.25, 0.3) is 0 Å². The van der Waals surface area contributed by atoms with Crippen LogP contribution in [0.25, 0.3) is 6.08 Å². The maximum atomic E-state index is 11.9. The van der Waals surface area contributed by atoms with Crippen LogP contribution in [-0.4, -0.2) is 27.8 Å². The molecular formula is C23H26N2O3S. The second kappa shape index (κ2) is 9.15. The molecule has 1 aromatic carbocycles. The standard InChI is InChI=1S/C23H26N2O3S/c1-3-21-15-19(23(17-24)29(2,26)27)16-22(28-21)12-9-18-7-10-20(11-8-18)25-13-5-4-6-14-25/h7-12,15-16H,3-6,13-14H2,1-2H3/b12-9?,23-19-. The van der Waals surface area contributed by atoms with Crippen LogP contribution in [0.2, 0.25) is 0 Å². The first-order valence-electron chi connectivity index (χ1n) is 9.88. The summed E-state index contributed by atoms with van der Waals surface area (Å²) in [6, 6.07) is 10.2. The Morgan fingerprint density at radius 1 is 1.14 bits per heavy atom. The van der Waals surface area contributed by atoms with Crippen LogP contribution >= 0.6 is 0 Å². The van der Waals surface area contributed by atoms with Gasteiger partial charge < -0.3 is 9.64 Å². The Bertz CT molecular complexity index is 1020. The molecule has 0 amide bonds. The van der Waals surface area contributed by atoms with Gasteiger partial charge in [-0.15, -0.1) is 0 Å². The van der Waals surface area contributed by atoms with Gasteiger partial charge in [-0.25, -0.2) is 8.42 Å². The van der Waals surface area contributed by atoms with E-state index in [1.807, 2.05) is 13.0 Å². The molecule has 5 nitrogen and oxygen atoms in total. The third kappa shape index (κ3) is 5.39. The van der Waals surface area contributed by atoms with Crippen molar-refractivity contribution < 1.29 is 13.2 Å². The summed E-state index contributed by atoms with van der Waals surface area (Å²) in [5.74, 6) is 1.13. The number of ether oxygens (including phenoxy) is 1. The summed E-state index contributed by atoms with van der Waals surface area (Å²) in [4.78, 5) is 2.16. The molecule has 29 heavy (non-hydrogen) atoms. The molecule has 152 valence electrons. The zero-order valence-electron chi connectivity index (χ0n) is 16.9. The Labute approximate surface area is 173 Å². The van der Waals surface area contributed by atoms with E-state index < -0.39 is 9.84 Å². The highest BCUT2D eigenvalue weighted by molar-refractivity contribution is 7.94. The molecule has 0 saturated carbocycles. The van der Waals surface area contributed by atoms with Crippen molar-refractivity contribution in [3.05, 3.63) is 70.1 Å². The van der Waals surface area contributed by atoms with Crippen molar-refractivity contribution in [1.29, 1.82) is 5.26 Å². The van der Waals surface area contributed by atoms with Gasteiger partial charge in [-0.3, -0.25) is 0 Å². The summed E-state index contributed by atoms with van der Waals surface area (Å²) in [6.07, 6.45) is 12.4. The van der Waals surface area contributed by atoms with Crippen LogP contribution in [0, 0.1) is 11.3 Å². The first-order valence-corrected chi connectivity index (χ1v) is 11.8. The summed E-state index contributed by atoms with van der Waals surface area (Å²) < 4.78 is 29.6. The predicted octanol–water partition coefficient (Wildman–Crippen LogP) is 4.72. The van der Waals surface area contributed by atoms with Gasteiger partial charge in [-0.2, -0.15) is 5.26 Å². The van der Waals surface area contributed by atoms with E-state index >= 15 is 0 Å². The minimum absolute atomic E-state index is 0.247. The Kier molecular flexibility index (Phi) is 6.60. The fourth-order valence-corrected chi connectivity index (χ4v) is 4.17. The Balaban J connectivity index is 1.82. The third-order valence-corrected chi connectivity index (χ3v) is 6.07. The van der Waals surface area contributed by atoms with Crippen molar-refractivity contribution in [3.8, 4) is 6.07 Å². The number of allylic oxidation sites excluding steroid dienone is 6. The lowest BCUT2D eigenvalue weighted by Crippen LogP contribution is -2.29. The quantitative estimate of drug-likeness (QED) is 0.657. The number of nitriles is 1. The van der Waals surface area contributed by atoms with Crippen molar-refractivity contribution >= 4 is 21.6 Å². The lowest BCUT2D eigenvalue weighted by atomic mass is 10.1. The molecule has 3 rings (SSSR count). The first-order chi connectivity index (χ1) is 13.9. The number of rotatable bonds is 5. The van der Waals surface area contributed by atoms with Crippen molar-refractivity contribution in [3.63, 3.8) is 0 Å². The number of sulfone groups is 1. The fourth-order valence-electron chi connectivity index (χ4n) is 3.45. The predicted molar refractivity (Wildman–Crippen MR) is 117 cm³/mol. The van der Waals surface area contributed by atoms with Crippen molar-refractivity contribution in [1.82, 2.24) is 0 Å². The van der Waals surface area contributed by atoms with E-state index in [-0.39, 0.29) is 4.91 Å². The molecule has 0 bridgehead atoms. The van der Waals surface area contributed by atoms with Crippen LogP contribution in [0.15, 0.2) is 64.5 Å². The zero-order chi connectivity index (χ0) is 20.9. The van der Waals surface area contributed by atoms with E-state index in [2.05, 4.69) is 29.2 Å². The van der Waals surface area contributed by atoms with Gasteiger partial charge in [0.15, 0.2) is 14.7 Å². The molecule has 0 atom stereocenters. The van der Waals surface area contributed by atoms with E-state index in [1.165, 1.54) is 24.9 Å². The maximum absolute atomic E-state index is 11.9. The molecule has 1 aromatic rings. The van der Waals surface area contributed by atoms with Crippen LogP contribution in [-0.2, 0) is 14.6 Å². The normalized spacial score (nSPS) is 19.3. The van der Waals surface area contributed by atoms with E-state index in [0.717, 1.165) is 24.9 Å². The molecule has 6 heteroatoms. The van der Waals surface area contributed by atoms with E-state index in [9.17, 15) is 13.7 Å². The molecule has 0 spiro atoms. The fraction of sp³-hybridized carbons (Fsp3) is 0.348. The SMILES string of the molecule is CCC1=C/C(=C(\C#N)S(C)(=O)=O)C=C(C=Cc2ccc(N3CCCCC3)cc2)O1. The van der Waals surface area contributed by atoms with Gasteiger partial charge in [0.2, 0.25) is 0 Å². The molecule has 0 radical (unpaired) electrons. The van der Waals surface area contributed by atoms with Gasteiger partial charge in [0.05, 0.1) is 0 Å². The lowest BCUT2D eigenvalue weighted by molar-refractivity contribution is 0.304. The molecule has 2 aliphatic heterocycles. The number of hydrogen-bond donors (Lipinski definition) is 0. The molecular weight excluding hydrogens is 384 g/mol. The lowest BCUT2D eigenvalue weighted by Gasteiger charge is -2.28. The second-order valence-corrected chi connectivity index (χ2v) is 9.21. The Morgan fingerprint density at radius 3 is 2.41 bits per heavy atom. The highest BCUT2D eigenvalue weighted by Crippen LogP contribution is 2.27. The van der Waals surface area contributed by atoms with Crippen molar-refractivity contribution in [2.75, 3.05) is 24.2 Å². The highest BCUT2D eigenvalue weighted by atomic mass is 32.2. The molecule has 0 aliphatic carbocycles. The van der Waals surface area contributed by atoms with E-state index in [1.54, 1.807) is 24.3 Å². The number of benzene rings is 1. The monoisotopic (exact) mass is 410 g/mol.